The highest BCUT2D eigenvalue weighted by molar-refractivity contribution is 6.30. The first-order valence-electron chi connectivity index (χ1n) is 12.9. The molecule has 41 heavy (non-hydrogen) atoms. The topological polar surface area (TPSA) is 109 Å². The fraction of sp³-hybridized carbons (Fsp3) is 0.310. The Kier molecular flexibility index (Phi) is 8.39. The molecule has 0 spiro atoms. The van der Waals surface area contributed by atoms with Crippen LogP contribution in [0.25, 0.3) is 0 Å². The van der Waals surface area contributed by atoms with Crippen LogP contribution in [0.5, 0.6) is 5.75 Å². The van der Waals surface area contributed by atoms with Crippen LogP contribution in [0.4, 0.5) is 29.3 Å². The summed E-state index contributed by atoms with van der Waals surface area (Å²) in [6.07, 6.45) is -5.48. The van der Waals surface area contributed by atoms with E-state index in [-0.39, 0.29) is 30.5 Å². The lowest BCUT2D eigenvalue weighted by molar-refractivity contribution is -0.142. The van der Waals surface area contributed by atoms with Gasteiger partial charge in [-0.15, -0.1) is 0 Å². The maximum Gasteiger partial charge on any atom is 0.416 e. The maximum absolute atomic E-state index is 12.8. The molecule has 4 N–H and O–H groups in total. The highest BCUT2D eigenvalue weighted by atomic mass is 35.5. The number of aliphatic hydroxyl groups is 1. The minimum atomic E-state index is -4.47. The van der Waals surface area contributed by atoms with Crippen LogP contribution in [-0.2, 0) is 22.3 Å². The molecule has 8 nitrogen and oxygen atoms in total. The van der Waals surface area contributed by atoms with E-state index >= 15 is 0 Å². The Hall–Kier alpha value is -3.80. The van der Waals surface area contributed by atoms with Gasteiger partial charge in [-0.2, -0.15) is 13.2 Å². The first-order valence-corrected chi connectivity index (χ1v) is 13.3. The molecule has 0 aliphatic carbocycles. The van der Waals surface area contributed by atoms with Crippen molar-refractivity contribution in [3.8, 4) is 5.75 Å². The Morgan fingerprint density at radius 2 is 1.66 bits per heavy atom. The molecular weight excluding hydrogens is 563 g/mol. The van der Waals surface area contributed by atoms with E-state index in [1.807, 2.05) is 12.1 Å². The lowest BCUT2D eigenvalue weighted by Gasteiger charge is -2.37. The summed E-state index contributed by atoms with van der Waals surface area (Å²) in [7, 11) is 0. The van der Waals surface area contributed by atoms with Gasteiger partial charge in [0.15, 0.2) is 0 Å². The van der Waals surface area contributed by atoms with Gasteiger partial charge in [-0.1, -0.05) is 23.7 Å². The van der Waals surface area contributed by atoms with E-state index in [0.29, 0.717) is 29.4 Å². The van der Waals surface area contributed by atoms with Gasteiger partial charge >= 0.3 is 12.2 Å². The minimum absolute atomic E-state index is 0.0934. The monoisotopic (exact) mass is 589 g/mol. The SMILES string of the molecule is O=C(C[C@@H]1C[C@H]2c3cc(NC(=O)Nc4ccc(C(F)(F)F)cc4)ccc3O[C@H]2[C@H](CO)O1)NCc1ccc(Cl)cc1. The number of halogens is 4. The predicted octanol–water partition coefficient (Wildman–Crippen LogP) is 5.70. The highest BCUT2D eigenvalue weighted by Crippen LogP contribution is 2.47. The molecule has 4 atom stereocenters. The Morgan fingerprint density at radius 3 is 2.34 bits per heavy atom. The van der Waals surface area contributed by atoms with Gasteiger partial charge in [0.1, 0.15) is 18.0 Å². The Balaban J connectivity index is 1.21. The van der Waals surface area contributed by atoms with Crippen molar-refractivity contribution < 1.29 is 37.3 Å². The van der Waals surface area contributed by atoms with Gasteiger partial charge in [-0.05, 0) is 66.6 Å². The third-order valence-electron chi connectivity index (χ3n) is 7.04. The lowest BCUT2D eigenvalue weighted by atomic mass is 9.84. The average Bonchev–Trinajstić information content (AvgIpc) is 3.30. The fourth-order valence-corrected chi connectivity index (χ4v) is 5.21. The van der Waals surface area contributed by atoms with Crippen molar-refractivity contribution in [2.24, 2.45) is 0 Å². The van der Waals surface area contributed by atoms with Crippen LogP contribution in [-0.4, -0.2) is 42.0 Å². The molecule has 216 valence electrons. The summed E-state index contributed by atoms with van der Waals surface area (Å²) in [6.45, 7) is 0.0480. The summed E-state index contributed by atoms with van der Waals surface area (Å²) in [6, 6.07) is 15.7. The zero-order chi connectivity index (χ0) is 29.1. The van der Waals surface area contributed by atoms with Crippen LogP contribution in [0.15, 0.2) is 66.7 Å². The third kappa shape index (κ3) is 6.92. The van der Waals surface area contributed by atoms with Crippen molar-refractivity contribution in [3.63, 3.8) is 0 Å². The van der Waals surface area contributed by atoms with Crippen LogP contribution in [0.3, 0.4) is 0 Å². The van der Waals surface area contributed by atoms with Gasteiger partial charge in [0.05, 0.1) is 24.7 Å². The van der Waals surface area contributed by atoms with Crippen LogP contribution < -0.4 is 20.7 Å². The second-order valence-corrected chi connectivity index (χ2v) is 10.4. The molecular formula is C29H27ClF3N3O5. The number of rotatable bonds is 7. The summed E-state index contributed by atoms with van der Waals surface area (Å²) >= 11 is 5.91. The number of hydrogen-bond donors (Lipinski definition) is 4. The molecule has 0 saturated carbocycles. The zero-order valence-electron chi connectivity index (χ0n) is 21.6. The number of amides is 3. The molecule has 2 aliphatic heterocycles. The van der Waals surface area contributed by atoms with Crippen LogP contribution in [0.2, 0.25) is 5.02 Å². The number of hydrogen-bond acceptors (Lipinski definition) is 5. The van der Waals surface area contributed by atoms with Crippen molar-refractivity contribution in [3.05, 3.63) is 88.4 Å². The Morgan fingerprint density at radius 1 is 0.976 bits per heavy atom. The van der Waals surface area contributed by atoms with Crippen LogP contribution >= 0.6 is 11.6 Å². The number of alkyl halides is 3. The number of ether oxygens (including phenoxy) is 2. The third-order valence-corrected chi connectivity index (χ3v) is 7.30. The molecule has 3 aromatic rings. The van der Waals surface area contributed by atoms with Crippen molar-refractivity contribution >= 4 is 34.9 Å². The van der Waals surface area contributed by atoms with E-state index < -0.39 is 36.1 Å². The summed E-state index contributed by atoms with van der Waals surface area (Å²) in [5, 5.41) is 18.7. The molecule has 2 heterocycles. The highest BCUT2D eigenvalue weighted by Gasteiger charge is 2.46. The maximum atomic E-state index is 12.8. The van der Waals surface area contributed by atoms with E-state index in [4.69, 9.17) is 21.1 Å². The number of urea groups is 1. The van der Waals surface area contributed by atoms with Crippen LogP contribution in [0.1, 0.15) is 35.4 Å². The molecule has 5 rings (SSSR count). The summed E-state index contributed by atoms with van der Waals surface area (Å²) in [4.78, 5) is 25.2. The number of benzene rings is 3. The van der Waals surface area contributed by atoms with E-state index in [2.05, 4.69) is 16.0 Å². The number of nitrogens with one attached hydrogen (secondary N) is 3. The molecule has 3 amide bonds. The molecule has 1 saturated heterocycles. The second-order valence-electron chi connectivity index (χ2n) is 9.92. The second kappa shape index (κ2) is 12.0. The van der Waals surface area contributed by atoms with E-state index in [9.17, 15) is 27.9 Å². The minimum Gasteiger partial charge on any atom is -0.487 e. The van der Waals surface area contributed by atoms with E-state index in [1.54, 1.807) is 30.3 Å². The van der Waals surface area contributed by atoms with Crippen molar-refractivity contribution in [1.82, 2.24) is 5.32 Å². The quantitative estimate of drug-likeness (QED) is 0.283. The molecule has 0 unspecified atom stereocenters. The van der Waals surface area contributed by atoms with Gasteiger partial charge in [0, 0.05) is 34.4 Å². The van der Waals surface area contributed by atoms with Crippen molar-refractivity contribution in [1.29, 1.82) is 0 Å². The Labute approximate surface area is 238 Å². The average molecular weight is 590 g/mol. The van der Waals surface area contributed by atoms with E-state index in [0.717, 1.165) is 23.3 Å². The number of anilines is 2. The first-order chi connectivity index (χ1) is 19.6. The Bertz CT molecular complexity index is 1400. The van der Waals surface area contributed by atoms with E-state index in [1.165, 1.54) is 12.1 Å². The molecule has 0 bridgehead atoms. The van der Waals surface area contributed by atoms with Crippen molar-refractivity contribution in [2.45, 2.75) is 49.8 Å². The first kappa shape index (κ1) is 28.7. The van der Waals surface area contributed by atoms with Gasteiger partial charge in [-0.25, -0.2) is 4.79 Å². The number of aliphatic hydroxyl groups excluding tert-OH is 1. The predicted molar refractivity (Wildman–Crippen MR) is 146 cm³/mol. The van der Waals surface area contributed by atoms with Gasteiger partial charge in [0.2, 0.25) is 5.91 Å². The molecule has 0 aromatic heterocycles. The molecule has 12 heteroatoms. The lowest BCUT2D eigenvalue weighted by Crippen LogP contribution is -2.47. The summed E-state index contributed by atoms with van der Waals surface area (Å²) in [5.74, 6) is 0.197. The molecule has 2 aliphatic rings. The number of carbonyl (C=O) groups is 2. The van der Waals surface area contributed by atoms with Gasteiger partial charge < -0.3 is 30.5 Å². The normalized spacial score (nSPS) is 21.3. The fourth-order valence-electron chi connectivity index (χ4n) is 5.08. The van der Waals surface area contributed by atoms with Gasteiger partial charge in [-0.3, -0.25) is 4.79 Å². The molecule has 1 fully saturated rings. The van der Waals surface area contributed by atoms with Crippen LogP contribution in [0, 0.1) is 0 Å². The molecule has 0 radical (unpaired) electrons. The number of carbonyl (C=O) groups excluding carboxylic acids is 2. The molecule has 3 aromatic carbocycles. The smallest absolute Gasteiger partial charge is 0.416 e. The largest absolute Gasteiger partial charge is 0.487 e. The van der Waals surface area contributed by atoms with Gasteiger partial charge in [0.25, 0.3) is 0 Å². The summed E-state index contributed by atoms with van der Waals surface area (Å²) < 4.78 is 50.4. The summed E-state index contributed by atoms with van der Waals surface area (Å²) in [5.41, 5.74) is 1.54. The number of fused-ring (bicyclic) bond motifs is 3. The standard InChI is InChI=1S/C29H27ClF3N3O5/c30-18-5-1-16(2-6-18)14-34-26(38)13-21-12-23-22-11-20(9-10-24(22)41-27(23)25(15-37)40-21)36-28(39)35-19-7-3-17(4-8-19)29(31,32)33/h1-11,21,23,25,27,37H,12-15H2,(H,34,38)(H2,35,36,39)/t21-,23-,25-,27+/m0/s1. The zero-order valence-corrected chi connectivity index (χ0v) is 22.3. The van der Waals surface area contributed by atoms with Crippen molar-refractivity contribution in [2.75, 3.05) is 17.2 Å².